The van der Waals surface area contributed by atoms with Crippen molar-refractivity contribution in [2.24, 2.45) is 0 Å². The van der Waals surface area contributed by atoms with Crippen LogP contribution in [0.2, 0.25) is 0 Å². The summed E-state index contributed by atoms with van der Waals surface area (Å²) in [4.78, 5) is 25.8. The molecule has 1 aromatic rings. The first-order valence-electron chi connectivity index (χ1n) is 5.40. The van der Waals surface area contributed by atoms with Gasteiger partial charge in [-0.1, -0.05) is 0 Å². The third-order valence-corrected chi connectivity index (χ3v) is 2.87. The highest BCUT2D eigenvalue weighted by atomic mass is 16.6. The van der Waals surface area contributed by atoms with E-state index in [1.807, 2.05) is 0 Å². The molecular weight excluding hydrogens is 244 g/mol. The first kappa shape index (κ1) is 13.0. The second-order valence-corrected chi connectivity index (χ2v) is 4.19. The minimum absolute atomic E-state index is 0.382. The Kier molecular flexibility index (Phi) is 3.35. The number of nitrogens with zero attached hydrogens (tertiary/aromatic N) is 1. The summed E-state index contributed by atoms with van der Waals surface area (Å²) < 4.78 is 5.79. The van der Waals surface area contributed by atoms with Crippen LogP contribution in [0, 0.1) is 6.92 Å². The Balaban J connectivity index is 2.45. The maximum Gasteiger partial charge on any atom is 0.330 e. The smallest absolute Gasteiger partial charge is 0.330 e. The lowest BCUT2D eigenvalue weighted by Crippen LogP contribution is -2.42. The first-order chi connectivity index (χ1) is 8.45. The van der Waals surface area contributed by atoms with Gasteiger partial charge in [0, 0.05) is 11.8 Å². The van der Waals surface area contributed by atoms with E-state index in [0.717, 1.165) is 0 Å². The fourth-order valence-corrected chi connectivity index (χ4v) is 1.95. The molecular formula is C10H14N2O6. The molecule has 4 atom stereocenters. The average Bonchev–Trinajstić information content (AvgIpc) is 2.56. The van der Waals surface area contributed by atoms with Crippen molar-refractivity contribution in [3.63, 3.8) is 0 Å². The van der Waals surface area contributed by atoms with E-state index in [9.17, 15) is 19.8 Å². The van der Waals surface area contributed by atoms with Crippen molar-refractivity contribution >= 4 is 0 Å². The Morgan fingerprint density at radius 1 is 1.39 bits per heavy atom. The molecule has 0 saturated carbocycles. The summed E-state index contributed by atoms with van der Waals surface area (Å²) in [5.41, 5.74) is -1.01. The fraction of sp³-hybridized carbons (Fsp3) is 0.600. The van der Waals surface area contributed by atoms with Crippen LogP contribution in [0.3, 0.4) is 0 Å². The number of aliphatic hydroxyl groups is 3. The minimum Gasteiger partial charge on any atom is -0.394 e. The van der Waals surface area contributed by atoms with Crippen LogP contribution in [-0.2, 0) is 4.74 Å². The van der Waals surface area contributed by atoms with Crippen molar-refractivity contribution in [3.05, 3.63) is 32.6 Å². The largest absolute Gasteiger partial charge is 0.394 e. The summed E-state index contributed by atoms with van der Waals surface area (Å²) in [6.45, 7) is 1.03. The number of aromatic amines is 1. The molecule has 0 aromatic carbocycles. The minimum atomic E-state index is -1.45. The number of aliphatic hydroxyl groups excluding tert-OH is 3. The predicted octanol–water partition coefficient (Wildman–Crippen LogP) is -2.54. The second-order valence-electron chi connectivity index (χ2n) is 4.19. The van der Waals surface area contributed by atoms with E-state index in [0.29, 0.717) is 10.3 Å². The van der Waals surface area contributed by atoms with E-state index < -0.39 is 42.4 Å². The number of aromatic nitrogens is 2. The highest BCUT2D eigenvalue weighted by Gasteiger charge is 2.44. The molecule has 8 nitrogen and oxygen atoms in total. The number of aryl methyl sites for hydroxylation is 1. The van der Waals surface area contributed by atoms with Crippen molar-refractivity contribution in [1.82, 2.24) is 9.55 Å². The molecule has 0 radical (unpaired) electrons. The fourth-order valence-electron chi connectivity index (χ4n) is 1.95. The van der Waals surface area contributed by atoms with Gasteiger partial charge in [-0.15, -0.1) is 0 Å². The van der Waals surface area contributed by atoms with E-state index in [4.69, 9.17) is 9.84 Å². The Morgan fingerprint density at radius 3 is 2.56 bits per heavy atom. The van der Waals surface area contributed by atoms with Crippen molar-refractivity contribution in [2.75, 3.05) is 6.61 Å². The molecule has 0 amide bonds. The summed E-state index contributed by atoms with van der Waals surface area (Å²) in [6, 6.07) is 1.18. The Bertz CT molecular complexity index is 519. The Labute approximate surface area is 101 Å². The van der Waals surface area contributed by atoms with Crippen LogP contribution in [0.15, 0.2) is 15.7 Å². The number of hydrogen-bond acceptors (Lipinski definition) is 6. The van der Waals surface area contributed by atoms with Gasteiger partial charge >= 0.3 is 5.69 Å². The van der Waals surface area contributed by atoms with Gasteiger partial charge in [0.25, 0.3) is 5.56 Å². The molecule has 100 valence electrons. The van der Waals surface area contributed by atoms with Gasteiger partial charge in [-0.05, 0) is 6.92 Å². The van der Waals surface area contributed by atoms with Gasteiger partial charge in [-0.25, -0.2) is 9.36 Å². The number of H-pyrrole nitrogens is 1. The van der Waals surface area contributed by atoms with Gasteiger partial charge in [0.2, 0.25) is 0 Å². The van der Waals surface area contributed by atoms with Crippen molar-refractivity contribution in [1.29, 1.82) is 0 Å². The van der Waals surface area contributed by atoms with Crippen molar-refractivity contribution in [2.45, 2.75) is 31.5 Å². The molecule has 8 heteroatoms. The van der Waals surface area contributed by atoms with E-state index in [1.54, 1.807) is 6.92 Å². The monoisotopic (exact) mass is 258 g/mol. The molecule has 0 spiro atoms. The van der Waals surface area contributed by atoms with E-state index in [1.165, 1.54) is 6.07 Å². The molecule has 2 rings (SSSR count). The van der Waals surface area contributed by atoms with Gasteiger partial charge in [0.05, 0.1) is 6.61 Å². The highest BCUT2D eigenvalue weighted by molar-refractivity contribution is 4.99. The van der Waals surface area contributed by atoms with Crippen LogP contribution in [0.5, 0.6) is 0 Å². The van der Waals surface area contributed by atoms with Gasteiger partial charge in [-0.2, -0.15) is 0 Å². The maximum atomic E-state index is 11.7. The molecule has 1 aliphatic rings. The first-order valence-corrected chi connectivity index (χ1v) is 5.40. The molecule has 0 bridgehead atoms. The van der Waals surface area contributed by atoms with E-state index in [-0.39, 0.29) is 0 Å². The SMILES string of the molecule is Cc1cc(=O)n([C@@H]2O[C@H](CO)[C@@H](O)[C@H]2O)c(=O)[nH]1. The lowest BCUT2D eigenvalue weighted by molar-refractivity contribution is -0.0565. The van der Waals surface area contributed by atoms with Crippen LogP contribution in [0.1, 0.15) is 11.9 Å². The molecule has 0 unspecified atom stereocenters. The molecule has 1 saturated heterocycles. The maximum absolute atomic E-state index is 11.7. The van der Waals surface area contributed by atoms with E-state index >= 15 is 0 Å². The topological polar surface area (TPSA) is 125 Å². The highest BCUT2D eigenvalue weighted by Crippen LogP contribution is 2.27. The Hall–Kier alpha value is -1.48. The summed E-state index contributed by atoms with van der Waals surface area (Å²) in [5, 5.41) is 28.2. The van der Waals surface area contributed by atoms with Crippen LogP contribution < -0.4 is 11.2 Å². The number of ether oxygens (including phenoxy) is 1. The lowest BCUT2D eigenvalue weighted by Gasteiger charge is -2.16. The van der Waals surface area contributed by atoms with Crippen molar-refractivity contribution < 1.29 is 20.1 Å². The zero-order valence-corrected chi connectivity index (χ0v) is 9.61. The normalized spacial score (nSPS) is 31.8. The molecule has 1 aliphatic heterocycles. The molecule has 0 aliphatic carbocycles. The summed E-state index contributed by atoms with van der Waals surface area (Å²) in [6.07, 6.45) is -5.15. The van der Waals surface area contributed by atoms with Crippen LogP contribution >= 0.6 is 0 Å². The number of rotatable bonds is 2. The van der Waals surface area contributed by atoms with Gasteiger partial charge in [0.1, 0.15) is 18.3 Å². The summed E-state index contributed by atoms with van der Waals surface area (Å²) in [7, 11) is 0. The second kappa shape index (κ2) is 4.65. The molecule has 1 aromatic heterocycles. The zero-order chi connectivity index (χ0) is 13.4. The third-order valence-electron chi connectivity index (χ3n) is 2.87. The van der Waals surface area contributed by atoms with Crippen LogP contribution in [0.25, 0.3) is 0 Å². The van der Waals surface area contributed by atoms with Gasteiger partial charge < -0.3 is 25.0 Å². The third kappa shape index (κ3) is 1.99. The molecule has 18 heavy (non-hydrogen) atoms. The molecule has 2 heterocycles. The standard InChI is InChI=1S/C10H14N2O6/c1-4-2-6(14)12(10(17)11-4)9-8(16)7(15)5(3-13)18-9/h2,5,7-9,13,15-16H,3H2,1H3,(H,11,17)/t5-,7-,8-,9-/m1/s1. The number of nitrogens with one attached hydrogen (secondary N) is 1. The lowest BCUT2D eigenvalue weighted by atomic mass is 10.1. The van der Waals surface area contributed by atoms with Crippen LogP contribution in [0.4, 0.5) is 0 Å². The van der Waals surface area contributed by atoms with E-state index in [2.05, 4.69) is 4.98 Å². The quantitative estimate of drug-likeness (QED) is 0.463. The predicted molar refractivity (Wildman–Crippen MR) is 59.1 cm³/mol. The number of hydrogen-bond donors (Lipinski definition) is 4. The Morgan fingerprint density at radius 2 is 2.06 bits per heavy atom. The average molecular weight is 258 g/mol. The van der Waals surface area contributed by atoms with Gasteiger partial charge in [0.15, 0.2) is 6.23 Å². The molecule has 1 fully saturated rings. The molecule has 4 N–H and O–H groups in total. The van der Waals surface area contributed by atoms with Crippen molar-refractivity contribution in [3.8, 4) is 0 Å². The van der Waals surface area contributed by atoms with Gasteiger partial charge in [-0.3, -0.25) is 4.79 Å². The zero-order valence-electron chi connectivity index (χ0n) is 9.61. The summed E-state index contributed by atoms with van der Waals surface area (Å²) in [5.74, 6) is 0. The van der Waals surface area contributed by atoms with Crippen LogP contribution in [-0.4, -0.2) is 49.8 Å². The summed E-state index contributed by atoms with van der Waals surface area (Å²) >= 11 is 0.